The molecule has 0 aliphatic carbocycles. The Morgan fingerprint density at radius 3 is 2.32 bits per heavy atom. The Labute approximate surface area is 203 Å². The number of rotatable bonds is 15. The van der Waals surface area contributed by atoms with Gasteiger partial charge in [0.15, 0.2) is 11.6 Å². The molecule has 6 nitrogen and oxygen atoms in total. The average Bonchev–Trinajstić information content (AvgIpc) is 2.85. The number of esters is 2. The van der Waals surface area contributed by atoms with Crippen LogP contribution in [0.5, 0.6) is 5.75 Å². The molecule has 0 saturated heterocycles. The van der Waals surface area contributed by atoms with Crippen molar-refractivity contribution in [3.05, 3.63) is 54.4 Å². The quantitative estimate of drug-likeness (QED) is 0.166. The fourth-order valence-corrected chi connectivity index (χ4v) is 3.41. The molecule has 0 N–H and O–H groups in total. The van der Waals surface area contributed by atoms with E-state index in [1.165, 1.54) is 38.1 Å². The summed E-state index contributed by atoms with van der Waals surface area (Å²) >= 11 is 0. The van der Waals surface area contributed by atoms with Crippen molar-refractivity contribution < 1.29 is 19.1 Å². The predicted molar refractivity (Wildman–Crippen MR) is 134 cm³/mol. The molecular formula is C28H38N2O4. The minimum atomic E-state index is -0.318. The van der Waals surface area contributed by atoms with Crippen LogP contribution in [0.2, 0.25) is 0 Å². The van der Waals surface area contributed by atoms with Crippen LogP contribution in [0.3, 0.4) is 0 Å². The van der Waals surface area contributed by atoms with Crippen molar-refractivity contribution in [3.8, 4) is 17.1 Å². The van der Waals surface area contributed by atoms with E-state index < -0.39 is 0 Å². The first-order valence-electron chi connectivity index (χ1n) is 12.5. The Hall–Kier alpha value is -3.02. The summed E-state index contributed by atoms with van der Waals surface area (Å²) in [6, 6.07) is 7.98. The number of hydrogen-bond acceptors (Lipinski definition) is 6. The zero-order valence-corrected chi connectivity index (χ0v) is 20.8. The zero-order valence-electron chi connectivity index (χ0n) is 20.8. The van der Waals surface area contributed by atoms with E-state index in [9.17, 15) is 9.59 Å². The summed E-state index contributed by atoms with van der Waals surface area (Å²) in [7, 11) is 0. The van der Waals surface area contributed by atoms with Crippen LogP contribution in [0, 0.1) is 0 Å². The van der Waals surface area contributed by atoms with E-state index in [1.54, 1.807) is 6.92 Å². The third-order valence-corrected chi connectivity index (χ3v) is 5.46. The summed E-state index contributed by atoms with van der Waals surface area (Å²) < 4.78 is 10.6. The molecule has 0 spiro atoms. The molecule has 1 unspecified atom stereocenters. The van der Waals surface area contributed by atoms with Gasteiger partial charge in [-0.25, -0.2) is 9.97 Å². The maximum Gasteiger partial charge on any atom is 0.315 e. The van der Waals surface area contributed by atoms with E-state index in [0.29, 0.717) is 18.0 Å². The van der Waals surface area contributed by atoms with Crippen LogP contribution in [-0.4, -0.2) is 28.0 Å². The van der Waals surface area contributed by atoms with Gasteiger partial charge in [0.2, 0.25) is 0 Å². The van der Waals surface area contributed by atoms with Gasteiger partial charge in [-0.05, 0) is 38.2 Å². The van der Waals surface area contributed by atoms with Gasteiger partial charge in [-0.1, -0.05) is 75.9 Å². The summed E-state index contributed by atoms with van der Waals surface area (Å²) in [5.74, 6) is 0.425. The molecule has 0 radical (unpaired) electrons. The lowest BCUT2D eigenvalue weighted by Crippen LogP contribution is -2.14. The second-order valence-electron chi connectivity index (χ2n) is 8.48. The lowest BCUT2D eigenvalue weighted by molar-refractivity contribution is -0.148. The monoisotopic (exact) mass is 466 g/mol. The van der Waals surface area contributed by atoms with Crippen LogP contribution in [0.15, 0.2) is 48.8 Å². The van der Waals surface area contributed by atoms with Crippen molar-refractivity contribution in [3.63, 3.8) is 0 Å². The minimum absolute atomic E-state index is 0.100. The molecule has 1 aromatic carbocycles. The lowest BCUT2D eigenvalue weighted by atomic mass is 10.1. The molecular weight excluding hydrogens is 428 g/mol. The van der Waals surface area contributed by atoms with E-state index >= 15 is 0 Å². The van der Waals surface area contributed by atoms with E-state index in [0.717, 1.165) is 36.8 Å². The van der Waals surface area contributed by atoms with Gasteiger partial charge in [0.05, 0.1) is 24.9 Å². The maximum absolute atomic E-state index is 12.0. The number of aryl methyl sites for hydroxylation is 1. The predicted octanol–water partition coefficient (Wildman–Crippen LogP) is 6.63. The van der Waals surface area contributed by atoms with Crippen molar-refractivity contribution >= 4 is 11.9 Å². The lowest BCUT2D eigenvalue weighted by Gasteiger charge is -2.12. The normalized spacial score (nSPS) is 12.0. The first kappa shape index (κ1) is 27.2. The van der Waals surface area contributed by atoms with Gasteiger partial charge in [-0.2, -0.15) is 0 Å². The Bertz CT molecular complexity index is 892. The second kappa shape index (κ2) is 15.8. The zero-order chi connectivity index (χ0) is 24.6. The van der Waals surface area contributed by atoms with Crippen molar-refractivity contribution in [2.45, 2.75) is 91.1 Å². The number of allylic oxidation sites excluding steroid dienone is 1. The first-order valence-corrected chi connectivity index (χ1v) is 12.5. The molecule has 0 fully saturated rings. The van der Waals surface area contributed by atoms with Crippen molar-refractivity contribution in [1.82, 2.24) is 9.97 Å². The Balaban J connectivity index is 1.75. The Kier molecular flexibility index (Phi) is 12.6. The van der Waals surface area contributed by atoms with Crippen molar-refractivity contribution in [1.29, 1.82) is 0 Å². The molecule has 0 bridgehead atoms. The molecule has 6 heteroatoms. The van der Waals surface area contributed by atoms with Gasteiger partial charge in [-0.15, -0.1) is 0 Å². The molecule has 0 saturated carbocycles. The number of nitrogens with zero attached hydrogens (tertiary/aromatic N) is 2. The number of carbonyl (C=O) groups is 2. The van der Waals surface area contributed by atoms with Crippen LogP contribution in [0.25, 0.3) is 11.4 Å². The molecule has 1 aromatic heterocycles. The van der Waals surface area contributed by atoms with E-state index in [4.69, 9.17) is 9.47 Å². The highest BCUT2D eigenvalue weighted by atomic mass is 16.5. The summed E-state index contributed by atoms with van der Waals surface area (Å²) in [5.41, 5.74) is 2.04. The number of carbonyl (C=O) groups excluding carboxylic acids is 2. The highest BCUT2D eigenvalue weighted by Crippen LogP contribution is 2.19. The number of ether oxygens (including phenoxy) is 2. The molecule has 0 aliphatic rings. The van der Waals surface area contributed by atoms with Crippen LogP contribution in [0.4, 0.5) is 0 Å². The fraction of sp³-hybridized carbons (Fsp3) is 0.500. The fourth-order valence-electron chi connectivity index (χ4n) is 3.41. The average molecular weight is 467 g/mol. The molecule has 2 aromatic rings. The SMILES string of the molecule is CCCCCCCC=CCC(=O)Oc1cnc(-c2ccc(CCC(C)OC(=O)CC)cc2)nc1. The van der Waals surface area contributed by atoms with Crippen LogP contribution in [-0.2, 0) is 20.7 Å². The van der Waals surface area contributed by atoms with Crippen molar-refractivity contribution in [2.75, 3.05) is 0 Å². The number of aromatic nitrogens is 2. The smallest absolute Gasteiger partial charge is 0.315 e. The minimum Gasteiger partial charge on any atom is -0.463 e. The van der Waals surface area contributed by atoms with Crippen LogP contribution >= 0.6 is 0 Å². The van der Waals surface area contributed by atoms with Gasteiger partial charge in [-0.3, -0.25) is 9.59 Å². The summed E-state index contributed by atoms with van der Waals surface area (Å²) in [6.45, 7) is 5.92. The highest BCUT2D eigenvalue weighted by Gasteiger charge is 2.09. The Morgan fingerprint density at radius 2 is 1.65 bits per heavy atom. The largest absolute Gasteiger partial charge is 0.463 e. The van der Waals surface area contributed by atoms with E-state index in [2.05, 4.69) is 23.0 Å². The summed E-state index contributed by atoms with van der Waals surface area (Å²) in [5, 5.41) is 0. The topological polar surface area (TPSA) is 78.4 Å². The Morgan fingerprint density at radius 1 is 0.941 bits per heavy atom. The molecule has 0 aliphatic heterocycles. The standard InChI is InChI=1S/C28H38N2O4/c1-4-6-7-8-9-10-11-12-13-27(32)34-25-20-29-28(30-21-25)24-18-16-23(17-19-24)15-14-22(3)33-26(31)5-2/h11-12,16-22H,4-10,13-15H2,1-3H3. The van der Waals surface area contributed by atoms with Crippen LogP contribution in [0.1, 0.15) is 84.1 Å². The number of benzene rings is 1. The highest BCUT2D eigenvalue weighted by molar-refractivity contribution is 5.73. The molecule has 2 rings (SSSR count). The maximum atomic E-state index is 12.0. The molecule has 34 heavy (non-hydrogen) atoms. The molecule has 1 atom stereocenters. The number of hydrogen-bond donors (Lipinski definition) is 0. The van der Waals surface area contributed by atoms with Gasteiger partial charge >= 0.3 is 11.9 Å². The first-order chi connectivity index (χ1) is 16.5. The van der Waals surface area contributed by atoms with Crippen LogP contribution < -0.4 is 4.74 Å². The van der Waals surface area contributed by atoms with Gasteiger partial charge in [0.1, 0.15) is 0 Å². The summed E-state index contributed by atoms with van der Waals surface area (Å²) in [6.07, 6.45) is 16.3. The van der Waals surface area contributed by atoms with E-state index in [-0.39, 0.29) is 24.5 Å². The van der Waals surface area contributed by atoms with Gasteiger partial charge in [0, 0.05) is 12.0 Å². The number of unbranched alkanes of at least 4 members (excludes halogenated alkanes) is 5. The molecule has 0 amide bonds. The van der Waals surface area contributed by atoms with Crippen molar-refractivity contribution in [2.24, 2.45) is 0 Å². The second-order valence-corrected chi connectivity index (χ2v) is 8.48. The van der Waals surface area contributed by atoms with Gasteiger partial charge < -0.3 is 9.47 Å². The van der Waals surface area contributed by atoms with E-state index in [1.807, 2.05) is 37.3 Å². The molecule has 1 heterocycles. The molecule has 184 valence electrons. The van der Waals surface area contributed by atoms with Gasteiger partial charge in [0.25, 0.3) is 0 Å². The third-order valence-electron chi connectivity index (χ3n) is 5.46. The third kappa shape index (κ3) is 10.7. The summed E-state index contributed by atoms with van der Waals surface area (Å²) in [4.78, 5) is 32.0.